The maximum atomic E-state index is 5.70. The zero-order valence-corrected chi connectivity index (χ0v) is 11.1. The molecule has 16 heavy (non-hydrogen) atoms. The van der Waals surface area contributed by atoms with Gasteiger partial charge in [-0.25, -0.2) is 0 Å². The van der Waals surface area contributed by atoms with Crippen LogP contribution in [0.25, 0.3) is 5.57 Å². The highest BCUT2D eigenvalue weighted by molar-refractivity contribution is 6.18. The summed E-state index contributed by atoms with van der Waals surface area (Å²) in [6, 6.07) is 6.72. The van der Waals surface area contributed by atoms with Gasteiger partial charge in [-0.2, -0.15) is 0 Å². The summed E-state index contributed by atoms with van der Waals surface area (Å²) in [5.74, 6) is 0.663. The van der Waals surface area contributed by atoms with Gasteiger partial charge in [0.2, 0.25) is 0 Å². The fraction of sp³-hybridized carbons (Fsp3) is 0.467. The number of halogens is 1. The second-order valence-electron chi connectivity index (χ2n) is 3.88. The van der Waals surface area contributed by atoms with Crippen molar-refractivity contribution >= 4 is 17.2 Å². The molecule has 0 atom stereocenters. The van der Waals surface area contributed by atoms with E-state index in [4.69, 9.17) is 11.6 Å². The molecule has 0 saturated carbocycles. The van der Waals surface area contributed by atoms with Crippen molar-refractivity contribution in [3.63, 3.8) is 0 Å². The highest BCUT2D eigenvalue weighted by Gasteiger charge is 2.11. The molecular formula is C15H21Cl. The van der Waals surface area contributed by atoms with Gasteiger partial charge in [0, 0.05) is 5.88 Å². The molecule has 1 aromatic rings. The Bertz CT molecular complexity index is 352. The van der Waals surface area contributed by atoms with Crippen molar-refractivity contribution in [3.05, 3.63) is 41.5 Å². The molecular weight excluding hydrogens is 216 g/mol. The highest BCUT2D eigenvalue weighted by Crippen LogP contribution is 2.26. The topological polar surface area (TPSA) is 0 Å². The normalized spacial score (nSPS) is 12.7. The molecule has 0 aliphatic heterocycles. The predicted molar refractivity (Wildman–Crippen MR) is 74.2 cm³/mol. The first kappa shape index (κ1) is 13.3. The van der Waals surface area contributed by atoms with Gasteiger partial charge >= 0.3 is 0 Å². The third kappa shape index (κ3) is 3.12. The average molecular weight is 237 g/mol. The molecule has 1 heteroatoms. The van der Waals surface area contributed by atoms with E-state index in [1.165, 1.54) is 36.0 Å². The molecule has 0 fully saturated rings. The Morgan fingerprint density at radius 3 is 2.62 bits per heavy atom. The molecule has 0 bridgehead atoms. The number of rotatable bonds is 3. The zero-order chi connectivity index (χ0) is 12.0. The molecule has 0 saturated heterocycles. The van der Waals surface area contributed by atoms with Gasteiger partial charge in [0.15, 0.2) is 0 Å². The lowest BCUT2D eigenvalue weighted by atomic mass is 10.0. The molecule has 1 aliphatic rings. The van der Waals surface area contributed by atoms with Crippen LogP contribution in [-0.4, -0.2) is 5.88 Å². The number of aryl methyl sites for hydroxylation is 2. The predicted octanol–water partition coefficient (Wildman–Crippen LogP) is 4.84. The number of fused-ring (bicyclic) bond motifs is 1. The molecule has 0 radical (unpaired) electrons. The van der Waals surface area contributed by atoms with Crippen LogP contribution in [0.15, 0.2) is 24.8 Å². The zero-order valence-electron chi connectivity index (χ0n) is 10.4. The van der Waals surface area contributed by atoms with E-state index in [-0.39, 0.29) is 0 Å². The van der Waals surface area contributed by atoms with E-state index >= 15 is 0 Å². The number of hydrogen-bond acceptors (Lipinski definition) is 0. The van der Waals surface area contributed by atoms with Crippen molar-refractivity contribution in [3.8, 4) is 0 Å². The van der Waals surface area contributed by atoms with Crippen LogP contribution in [-0.2, 0) is 12.8 Å². The highest BCUT2D eigenvalue weighted by atomic mass is 35.5. The molecule has 0 nitrogen and oxygen atoms in total. The standard InChI is InChI=1S/C13H15Cl.C2H6/c1-10(7-8-14)12-6-5-11-3-2-4-13(11)9-12;1-2/h5-6,9H,1-4,7-8H2;1-2H3. The number of alkyl halides is 1. The summed E-state index contributed by atoms with van der Waals surface area (Å²) in [5.41, 5.74) is 5.46. The molecule has 88 valence electrons. The molecule has 0 spiro atoms. The van der Waals surface area contributed by atoms with Gasteiger partial charge in [-0.1, -0.05) is 38.6 Å². The molecule has 1 aliphatic carbocycles. The lowest BCUT2D eigenvalue weighted by Crippen LogP contribution is -1.88. The summed E-state index contributed by atoms with van der Waals surface area (Å²) in [5, 5.41) is 0. The van der Waals surface area contributed by atoms with Crippen LogP contribution >= 0.6 is 11.6 Å². The third-order valence-electron chi connectivity index (χ3n) is 2.90. The Hall–Kier alpha value is -0.750. The van der Waals surface area contributed by atoms with E-state index < -0.39 is 0 Å². The Morgan fingerprint density at radius 1 is 1.25 bits per heavy atom. The van der Waals surface area contributed by atoms with Crippen LogP contribution in [0.4, 0.5) is 0 Å². The minimum absolute atomic E-state index is 0.663. The number of hydrogen-bond donors (Lipinski definition) is 0. The van der Waals surface area contributed by atoms with Gasteiger partial charge in [-0.05, 0) is 47.9 Å². The van der Waals surface area contributed by atoms with E-state index in [1.54, 1.807) is 0 Å². The average Bonchev–Trinajstić information content (AvgIpc) is 2.79. The summed E-state index contributed by atoms with van der Waals surface area (Å²) >= 11 is 5.70. The van der Waals surface area contributed by atoms with Crippen molar-refractivity contribution < 1.29 is 0 Å². The molecule has 1 aromatic carbocycles. The SMILES string of the molecule is C=C(CCCl)c1ccc2c(c1)CCC2.CC. The third-order valence-corrected chi connectivity index (χ3v) is 3.09. The quantitative estimate of drug-likeness (QED) is 0.659. The summed E-state index contributed by atoms with van der Waals surface area (Å²) < 4.78 is 0. The molecule has 0 amide bonds. The molecule has 0 heterocycles. The van der Waals surface area contributed by atoms with E-state index in [0.29, 0.717) is 5.88 Å². The van der Waals surface area contributed by atoms with Gasteiger partial charge in [-0.15, -0.1) is 11.6 Å². The number of allylic oxidation sites excluding steroid dienone is 1. The fourth-order valence-electron chi connectivity index (χ4n) is 2.05. The van der Waals surface area contributed by atoms with Gasteiger partial charge in [0.1, 0.15) is 0 Å². The van der Waals surface area contributed by atoms with Crippen molar-refractivity contribution in [2.45, 2.75) is 39.5 Å². The van der Waals surface area contributed by atoms with Crippen molar-refractivity contribution in [2.75, 3.05) is 5.88 Å². The molecule has 0 unspecified atom stereocenters. The summed E-state index contributed by atoms with van der Waals surface area (Å²) in [4.78, 5) is 0. The summed E-state index contributed by atoms with van der Waals surface area (Å²) in [6.45, 7) is 8.06. The minimum atomic E-state index is 0.663. The van der Waals surface area contributed by atoms with Crippen molar-refractivity contribution in [2.24, 2.45) is 0 Å². The van der Waals surface area contributed by atoms with Crippen LogP contribution in [0.2, 0.25) is 0 Å². The minimum Gasteiger partial charge on any atom is -0.126 e. The second-order valence-corrected chi connectivity index (χ2v) is 4.26. The molecule has 0 N–H and O–H groups in total. The maximum Gasteiger partial charge on any atom is 0.0263 e. The lowest BCUT2D eigenvalue weighted by molar-refractivity contribution is 0.911. The van der Waals surface area contributed by atoms with Crippen LogP contribution in [0.5, 0.6) is 0 Å². The Balaban J connectivity index is 0.000000606. The lowest BCUT2D eigenvalue weighted by Gasteiger charge is -2.06. The monoisotopic (exact) mass is 236 g/mol. The first-order valence-corrected chi connectivity index (χ1v) is 6.70. The Morgan fingerprint density at radius 2 is 1.94 bits per heavy atom. The Labute approximate surface area is 104 Å². The van der Waals surface area contributed by atoms with Gasteiger partial charge in [0.05, 0.1) is 0 Å². The molecule has 2 rings (SSSR count). The van der Waals surface area contributed by atoms with Crippen LogP contribution < -0.4 is 0 Å². The maximum absolute atomic E-state index is 5.70. The second kappa shape index (κ2) is 6.75. The van der Waals surface area contributed by atoms with Crippen LogP contribution in [0.1, 0.15) is 43.4 Å². The van der Waals surface area contributed by atoms with Crippen molar-refractivity contribution in [1.29, 1.82) is 0 Å². The van der Waals surface area contributed by atoms with Gasteiger partial charge in [-0.3, -0.25) is 0 Å². The van der Waals surface area contributed by atoms with E-state index in [2.05, 4.69) is 24.8 Å². The van der Waals surface area contributed by atoms with Crippen molar-refractivity contribution in [1.82, 2.24) is 0 Å². The summed E-state index contributed by atoms with van der Waals surface area (Å²) in [6.07, 6.45) is 4.68. The smallest absolute Gasteiger partial charge is 0.0263 e. The van der Waals surface area contributed by atoms with Crippen LogP contribution in [0, 0.1) is 0 Å². The largest absolute Gasteiger partial charge is 0.126 e. The fourth-order valence-corrected chi connectivity index (χ4v) is 2.28. The Kier molecular flexibility index (Phi) is 5.62. The van der Waals surface area contributed by atoms with Gasteiger partial charge < -0.3 is 0 Å². The van der Waals surface area contributed by atoms with E-state index in [0.717, 1.165) is 12.0 Å². The number of benzene rings is 1. The first-order chi connectivity index (χ1) is 7.81. The summed E-state index contributed by atoms with van der Waals surface area (Å²) in [7, 11) is 0. The van der Waals surface area contributed by atoms with Gasteiger partial charge in [0.25, 0.3) is 0 Å². The van der Waals surface area contributed by atoms with E-state index in [1.807, 2.05) is 13.8 Å². The van der Waals surface area contributed by atoms with E-state index in [9.17, 15) is 0 Å². The molecule has 0 aromatic heterocycles. The van der Waals surface area contributed by atoms with Crippen LogP contribution in [0.3, 0.4) is 0 Å². The first-order valence-electron chi connectivity index (χ1n) is 6.17.